The van der Waals surface area contributed by atoms with E-state index in [1.165, 1.54) is 5.56 Å². The lowest BCUT2D eigenvalue weighted by molar-refractivity contribution is -0.290. The molecule has 4 rings (SSSR count). The summed E-state index contributed by atoms with van der Waals surface area (Å²) >= 11 is 0. The van der Waals surface area contributed by atoms with E-state index in [9.17, 15) is 10.0 Å². The number of benzene rings is 2. The predicted octanol–water partition coefficient (Wildman–Crippen LogP) is 3.28. The van der Waals surface area contributed by atoms with Gasteiger partial charge in [-0.15, -0.1) is 0 Å². The lowest BCUT2D eigenvalue weighted by atomic mass is 9.89. The summed E-state index contributed by atoms with van der Waals surface area (Å²) in [7, 11) is 1.65. The summed E-state index contributed by atoms with van der Waals surface area (Å²) in [5.74, 6) is -0.159. The van der Waals surface area contributed by atoms with E-state index in [1.807, 2.05) is 24.3 Å². The molecule has 3 atom stereocenters. The number of rotatable bonds is 5. The van der Waals surface area contributed by atoms with E-state index in [0.29, 0.717) is 19.4 Å². The molecule has 0 amide bonds. The Hall–Kier alpha value is -2.28. The molecule has 6 heteroatoms. The van der Waals surface area contributed by atoms with Crippen molar-refractivity contribution in [1.29, 1.82) is 0 Å². The third-order valence-corrected chi connectivity index (χ3v) is 5.36. The lowest BCUT2D eigenvalue weighted by Crippen LogP contribution is -2.44. The molecular weight excluding hydrogens is 346 g/mol. The smallest absolute Gasteiger partial charge is 0.198 e. The van der Waals surface area contributed by atoms with Crippen molar-refractivity contribution in [2.75, 3.05) is 13.7 Å². The van der Waals surface area contributed by atoms with Crippen LogP contribution in [-0.4, -0.2) is 31.0 Å². The topological polar surface area (TPSA) is 77.4 Å². The average Bonchev–Trinajstić information content (AvgIpc) is 3.05. The van der Waals surface area contributed by atoms with Crippen LogP contribution in [0.4, 0.5) is 0 Å². The second-order valence-corrected chi connectivity index (χ2v) is 7.18. The number of methoxy groups -OCH3 is 1. The van der Waals surface area contributed by atoms with Crippen LogP contribution < -0.4 is 4.74 Å². The van der Waals surface area contributed by atoms with Gasteiger partial charge in [0.05, 0.1) is 32.5 Å². The first-order chi connectivity index (χ1) is 13.2. The number of nitroso groups, excluding NO2 is 1. The molecule has 142 valence electrons. The molecule has 2 aromatic carbocycles. The van der Waals surface area contributed by atoms with Gasteiger partial charge in [-0.2, -0.15) is 4.91 Å². The van der Waals surface area contributed by atoms with Crippen LogP contribution in [0.2, 0.25) is 0 Å². The van der Waals surface area contributed by atoms with Crippen LogP contribution in [0.25, 0.3) is 0 Å². The first-order valence-corrected chi connectivity index (χ1v) is 9.16. The fraction of sp³-hybridized carbons (Fsp3) is 0.429. The number of fused-ring (bicyclic) bond motifs is 2. The average molecular weight is 369 g/mol. The number of nitrogens with zero attached hydrogens (tertiary/aromatic N) is 1. The van der Waals surface area contributed by atoms with Gasteiger partial charge in [0.15, 0.2) is 5.79 Å². The normalized spacial score (nSPS) is 26.7. The zero-order valence-corrected chi connectivity index (χ0v) is 15.3. The Labute approximate surface area is 158 Å². The van der Waals surface area contributed by atoms with Crippen LogP contribution in [0.15, 0.2) is 47.6 Å². The number of hydrogen-bond acceptors (Lipinski definition) is 6. The first kappa shape index (κ1) is 18.1. The fourth-order valence-electron chi connectivity index (χ4n) is 3.99. The maximum atomic E-state index is 11.2. The predicted molar refractivity (Wildman–Crippen MR) is 99.5 cm³/mol. The van der Waals surface area contributed by atoms with Crippen molar-refractivity contribution in [2.45, 2.75) is 43.8 Å². The molecule has 1 spiro atoms. The van der Waals surface area contributed by atoms with E-state index in [1.54, 1.807) is 7.11 Å². The van der Waals surface area contributed by atoms with Crippen molar-refractivity contribution in [3.63, 3.8) is 0 Å². The van der Waals surface area contributed by atoms with Crippen LogP contribution in [-0.2, 0) is 28.3 Å². The summed E-state index contributed by atoms with van der Waals surface area (Å²) < 4.78 is 17.3. The molecular formula is C21H23NO5. The van der Waals surface area contributed by atoms with Crippen molar-refractivity contribution in [2.24, 2.45) is 5.18 Å². The van der Waals surface area contributed by atoms with Gasteiger partial charge in [0.1, 0.15) is 5.75 Å². The Morgan fingerprint density at radius 3 is 2.70 bits per heavy atom. The lowest BCUT2D eigenvalue weighted by Gasteiger charge is -2.39. The van der Waals surface area contributed by atoms with Crippen molar-refractivity contribution in [3.8, 4) is 5.75 Å². The van der Waals surface area contributed by atoms with Crippen molar-refractivity contribution in [3.05, 3.63) is 69.6 Å². The van der Waals surface area contributed by atoms with E-state index in [-0.39, 0.29) is 6.61 Å². The summed E-state index contributed by atoms with van der Waals surface area (Å²) in [6.07, 6.45) is 1.13. The molecule has 2 heterocycles. The Morgan fingerprint density at radius 2 is 2.00 bits per heavy atom. The van der Waals surface area contributed by atoms with E-state index >= 15 is 0 Å². The van der Waals surface area contributed by atoms with Gasteiger partial charge in [0, 0.05) is 18.4 Å². The van der Waals surface area contributed by atoms with Gasteiger partial charge in [-0.1, -0.05) is 29.4 Å². The van der Waals surface area contributed by atoms with Crippen molar-refractivity contribution >= 4 is 0 Å². The maximum absolute atomic E-state index is 11.2. The summed E-state index contributed by atoms with van der Waals surface area (Å²) in [6.45, 7) is 0.278. The van der Waals surface area contributed by atoms with Crippen LogP contribution in [0.5, 0.6) is 5.75 Å². The Kier molecular flexibility index (Phi) is 4.95. The zero-order chi connectivity index (χ0) is 18.9. The summed E-state index contributed by atoms with van der Waals surface area (Å²) in [4.78, 5) is 11.2. The van der Waals surface area contributed by atoms with E-state index < -0.39 is 17.9 Å². The molecule has 2 unspecified atom stereocenters. The van der Waals surface area contributed by atoms with Crippen LogP contribution in [0.1, 0.15) is 35.1 Å². The molecule has 1 N–H and O–H groups in total. The molecule has 0 aliphatic carbocycles. The fourth-order valence-corrected chi connectivity index (χ4v) is 3.99. The van der Waals surface area contributed by atoms with Gasteiger partial charge in [-0.05, 0) is 41.3 Å². The summed E-state index contributed by atoms with van der Waals surface area (Å²) in [6, 6.07) is 13.8. The van der Waals surface area contributed by atoms with Gasteiger partial charge in [0.2, 0.25) is 0 Å². The SMILES string of the molecule is COc1ccc(Cc2ccc3c(c2)[C@]2(CC(N=O)CC(CO)O2)OC3)cc1. The van der Waals surface area contributed by atoms with E-state index in [4.69, 9.17) is 14.2 Å². The number of hydrogen-bond donors (Lipinski definition) is 1. The highest BCUT2D eigenvalue weighted by molar-refractivity contribution is 5.40. The van der Waals surface area contributed by atoms with Gasteiger partial charge in [-0.25, -0.2) is 0 Å². The number of aliphatic hydroxyl groups is 1. The van der Waals surface area contributed by atoms with Gasteiger partial charge in [0.25, 0.3) is 0 Å². The standard InChI is InChI=1S/C21H23NO5/c1-25-18-6-3-14(4-7-18)8-15-2-5-16-13-26-21(20(16)9-15)11-17(22-24)10-19(12-23)27-21/h2-7,9,17,19,23H,8,10-13H2,1H3/t17?,19?,21-/m1/s1. The minimum absolute atomic E-state index is 0.155. The second-order valence-electron chi connectivity index (χ2n) is 7.18. The minimum atomic E-state index is -0.991. The molecule has 27 heavy (non-hydrogen) atoms. The molecule has 2 aliphatic heterocycles. The van der Waals surface area contributed by atoms with Gasteiger partial charge < -0.3 is 19.3 Å². The second kappa shape index (κ2) is 7.38. The number of ether oxygens (including phenoxy) is 3. The minimum Gasteiger partial charge on any atom is -0.497 e. The van der Waals surface area contributed by atoms with Crippen molar-refractivity contribution in [1.82, 2.24) is 0 Å². The monoisotopic (exact) mass is 369 g/mol. The highest BCUT2D eigenvalue weighted by Gasteiger charge is 2.48. The summed E-state index contributed by atoms with van der Waals surface area (Å²) in [5, 5.41) is 12.8. The van der Waals surface area contributed by atoms with Gasteiger partial charge in [-0.3, -0.25) is 0 Å². The molecule has 1 fully saturated rings. The molecule has 1 saturated heterocycles. The quantitative estimate of drug-likeness (QED) is 0.819. The Bertz CT molecular complexity index is 822. The highest BCUT2D eigenvalue weighted by Crippen LogP contribution is 2.46. The van der Waals surface area contributed by atoms with Crippen LogP contribution in [0, 0.1) is 4.91 Å². The van der Waals surface area contributed by atoms with E-state index in [2.05, 4.69) is 23.4 Å². The largest absolute Gasteiger partial charge is 0.497 e. The Balaban J connectivity index is 1.62. The molecule has 0 saturated carbocycles. The van der Waals surface area contributed by atoms with Crippen molar-refractivity contribution < 1.29 is 19.3 Å². The first-order valence-electron chi connectivity index (χ1n) is 9.16. The third kappa shape index (κ3) is 3.48. The Morgan fingerprint density at radius 1 is 1.22 bits per heavy atom. The van der Waals surface area contributed by atoms with Gasteiger partial charge >= 0.3 is 0 Å². The highest BCUT2D eigenvalue weighted by atomic mass is 16.7. The molecule has 0 aromatic heterocycles. The molecule has 2 aliphatic rings. The zero-order valence-electron chi connectivity index (χ0n) is 15.3. The van der Waals surface area contributed by atoms with Crippen LogP contribution >= 0.6 is 0 Å². The third-order valence-electron chi connectivity index (χ3n) is 5.36. The summed E-state index contributed by atoms with van der Waals surface area (Å²) in [5.41, 5.74) is 4.31. The number of aliphatic hydroxyl groups excluding tert-OH is 1. The molecule has 6 nitrogen and oxygen atoms in total. The molecule has 2 aromatic rings. The molecule has 0 bridgehead atoms. The van der Waals surface area contributed by atoms with Crippen LogP contribution in [0.3, 0.4) is 0 Å². The maximum Gasteiger partial charge on any atom is 0.198 e. The molecule has 0 radical (unpaired) electrons. The van der Waals surface area contributed by atoms with E-state index in [0.717, 1.165) is 28.9 Å².